The molecule has 3 unspecified atom stereocenters. The fourth-order valence-corrected chi connectivity index (χ4v) is 4.09. The lowest BCUT2D eigenvalue weighted by atomic mass is 9.85. The Morgan fingerprint density at radius 2 is 1.54 bits per heavy atom. The SMILES string of the molecule is CC(C)CC(C(=O)Nc1ccc(C(C)C)cc1)N1C(=O)C2CC=CCC2C1=O. The number of allylic oxidation sites excluding steroid dienone is 2. The highest BCUT2D eigenvalue weighted by atomic mass is 16.2. The Labute approximate surface area is 167 Å². The third-order valence-corrected chi connectivity index (χ3v) is 5.70. The first-order valence-corrected chi connectivity index (χ1v) is 10.2. The van der Waals surface area contributed by atoms with Gasteiger partial charge in [-0.25, -0.2) is 0 Å². The highest BCUT2D eigenvalue weighted by Gasteiger charge is 2.51. The molecule has 1 aliphatic carbocycles. The van der Waals surface area contributed by atoms with Gasteiger partial charge in [0.2, 0.25) is 17.7 Å². The lowest BCUT2D eigenvalue weighted by molar-refractivity contribution is -0.147. The number of carbonyl (C=O) groups excluding carboxylic acids is 3. The molecular formula is C23H30N2O3. The predicted molar refractivity (Wildman–Crippen MR) is 110 cm³/mol. The second-order valence-electron chi connectivity index (χ2n) is 8.61. The van der Waals surface area contributed by atoms with Crippen LogP contribution < -0.4 is 5.32 Å². The van der Waals surface area contributed by atoms with E-state index >= 15 is 0 Å². The molecule has 1 aliphatic heterocycles. The number of hydrogen-bond acceptors (Lipinski definition) is 3. The van der Waals surface area contributed by atoms with Crippen molar-refractivity contribution in [1.29, 1.82) is 0 Å². The van der Waals surface area contributed by atoms with E-state index in [1.54, 1.807) is 0 Å². The smallest absolute Gasteiger partial charge is 0.247 e. The summed E-state index contributed by atoms with van der Waals surface area (Å²) in [7, 11) is 0. The first-order valence-electron chi connectivity index (χ1n) is 10.2. The number of benzene rings is 1. The molecule has 0 saturated carbocycles. The molecular weight excluding hydrogens is 352 g/mol. The molecule has 150 valence electrons. The maximum Gasteiger partial charge on any atom is 0.247 e. The maximum atomic E-state index is 13.1. The minimum absolute atomic E-state index is 0.181. The van der Waals surface area contributed by atoms with Crippen LogP contribution in [0.25, 0.3) is 0 Å². The summed E-state index contributed by atoms with van der Waals surface area (Å²) in [5.74, 6) is -0.726. The molecule has 0 spiro atoms. The zero-order chi connectivity index (χ0) is 20.4. The molecule has 1 N–H and O–H groups in total. The van der Waals surface area contributed by atoms with E-state index in [1.807, 2.05) is 50.3 Å². The summed E-state index contributed by atoms with van der Waals surface area (Å²) in [6.07, 6.45) is 5.55. The molecule has 3 rings (SSSR count). The Hall–Kier alpha value is -2.43. The summed E-state index contributed by atoms with van der Waals surface area (Å²) in [4.78, 5) is 40.2. The van der Waals surface area contributed by atoms with Gasteiger partial charge in [-0.2, -0.15) is 0 Å². The van der Waals surface area contributed by atoms with Crippen LogP contribution in [0.15, 0.2) is 36.4 Å². The molecule has 3 atom stereocenters. The number of rotatable bonds is 6. The first kappa shape index (κ1) is 20.3. The van der Waals surface area contributed by atoms with Crippen molar-refractivity contribution in [2.75, 3.05) is 5.32 Å². The summed E-state index contributed by atoms with van der Waals surface area (Å²) in [6.45, 7) is 8.23. The summed E-state index contributed by atoms with van der Waals surface area (Å²) in [5, 5.41) is 2.91. The van der Waals surface area contributed by atoms with E-state index in [1.165, 1.54) is 10.5 Å². The molecule has 0 radical (unpaired) electrons. The molecule has 0 bridgehead atoms. The van der Waals surface area contributed by atoms with Gasteiger partial charge in [0.25, 0.3) is 0 Å². The molecule has 1 heterocycles. The lowest BCUT2D eigenvalue weighted by Gasteiger charge is -2.27. The lowest BCUT2D eigenvalue weighted by Crippen LogP contribution is -2.48. The summed E-state index contributed by atoms with van der Waals surface area (Å²) in [5.41, 5.74) is 1.87. The molecule has 1 aromatic rings. The standard InChI is InChI=1S/C23H30N2O3/c1-14(2)13-20(21(26)24-17-11-9-16(10-12-17)15(3)4)25-22(27)18-7-5-6-8-19(18)23(25)28/h5-6,9-12,14-15,18-20H,7-8,13H2,1-4H3,(H,24,26). The van der Waals surface area contributed by atoms with Crippen LogP contribution >= 0.6 is 0 Å². The number of imide groups is 1. The number of nitrogens with one attached hydrogen (secondary N) is 1. The van der Waals surface area contributed by atoms with E-state index in [9.17, 15) is 14.4 Å². The average molecular weight is 383 g/mol. The molecule has 3 amide bonds. The molecule has 28 heavy (non-hydrogen) atoms. The Kier molecular flexibility index (Phi) is 6.01. The third kappa shape index (κ3) is 4.03. The summed E-state index contributed by atoms with van der Waals surface area (Å²) in [6, 6.07) is 6.96. The number of carbonyl (C=O) groups is 3. The van der Waals surface area contributed by atoms with E-state index in [0.717, 1.165) is 0 Å². The van der Waals surface area contributed by atoms with Gasteiger partial charge in [0, 0.05) is 5.69 Å². The summed E-state index contributed by atoms with van der Waals surface area (Å²) >= 11 is 0. The van der Waals surface area contributed by atoms with Crippen molar-refractivity contribution in [3.8, 4) is 0 Å². The molecule has 1 saturated heterocycles. The average Bonchev–Trinajstić information content (AvgIpc) is 2.91. The van der Waals surface area contributed by atoms with Crippen molar-refractivity contribution in [3.63, 3.8) is 0 Å². The number of hydrogen-bond donors (Lipinski definition) is 1. The fraction of sp³-hybridized carbons (Fsp3) is 0.522. The molecule has 2 aliphatic rings. The van der Waals surface area contributed by atoms with E-state index in [2.05, 4.69) is 19.2 Å². The van der Waals surface area contributed by atoms with E-state index in [0.29, 0.717) is 30.9 Å². The van der Waals surface area contributed by atoms with E-state index in [-0.39, 0.29) is 35.5 Å². The largest absolute Gasteiger partial charge is 0.324 e. The van der Waals surface area contributed by atoms with Gasteiger partial charge in [-0.3, -0.25) is 19.3 Å². The van der Waals surface area contributed by atoms with E-state index in [4.69, 9.17) is 0 Å². The van der Waals surface area contributed by atoms with Crippen molar-refractivity contribution in [3.05, 3.63) is 42.0 Å². The van der Waals surface area contributed by atoms with Crippen LogP contribution in [0.1, 0.15) is 58.4 Å². The van der Waals surface area contributed by atoms with Crippen LogP contribution in [0.3, 0.4) is 0 Å². The number of nitrogens with zero attached hydrogens (tertiary/aromatic N) is 1. The van der Waals surface area contributed by atoms with Gasteiger partial charge in [-0.05, 0) is 48.8 Å². The van der Waals surface area contributed by atoms with Gasteiger partial charge in [0.05, 0.1) is 11.8 Å². The predicted octanol–water partition coefficient (Wildman–Crippen LogP) is 4.11. The highest BCUT2D eigenvalue weighted by molar-refractivity contribution is 6.10. The van der Waals surface area contributed by atoms with Crippen LogP contribution in [-0.4, -0.2) is 28.7 Å². The molecule has 0 aromatic heterocycles. The normalized spacial score (nSPS) is 22.7. The van der Waals surface area contributed by atoms with E-state index < -0.39 is 6.04 Å². The Morgan fingerprint density at radius 3 is 2.00 bits per heavy atom. The van der Waals surface area contributed by atoms with Crippen LogP contribution in [-0.2, 0) is 14.4 Å². The van der Waals surface area contributed by atoms with Crippen LogP contribution in [0.5, 0.6) is 0 Å². The molecule has 1 aromatic carbocycles. The van der Waals surface area contributed by atoms with Crippen molar-refractivity contribution in [2.45, 2.75) is 58.9 Å². The molecule has 5 nitrogen and oxygen atoms in total. The fourth-order valence-electron chi connectivity index (χ4n) is 4.09. The van der Waals surface area contributed by atoms with Crippen molar-refractivity contribution in [2.24, 2.45) is 17.8 Å². The Balaban J connectivity index is 1.80. The third-order valence-electron chi connectivity index (χ3n) is 5.70. The van der Waals surface area contributed by atoms with Crippen LogP contribution in [0.4, 0.5) is 5.69 Å². The van der Waals surface area contributed by atoms with Crippen molar-refractivity contribution in [1.82, 2.24) is 4.90 Å². The molecule has 1 fully saturated rings. The second-order valence-corrected chi connectivity index (χ2v) is 8.61. The topological polar surface area (TPSA) is 66.5 Å². The first-order chi connectivity index (χ1) is 13.3. The quantitative estimate of drug-likeness (QED) is 0.595. The van der Waals surface area contributed by atoms with Gasteiger partial charge in [-0.15, -0.1) is 0 Å². The summed E-state index contributed by atoms with van der Waals surface area (Å²) < 4.78 is 0. The minimum atomic E-state index is -0.768. The number of amides is 3. The zero-order valence-corrected chi connectivity index (χ0v) is 17.1. The monoisotopic (exact) mass is 382 g/mol. The second kappa shape index (κ2) is 8.29. The number of likely N-dealkylation sites (tertiary alicyclic amines) is 1. The van der Waals surface area contributed by atoms with Gasteiger partial charge in [-0.1, -0.05) is 52.0 Å². The van der Waals surface area contributed by atoms with Crippen LogP contribution in [0.2, 0.25) is 0 Å². The van der Waals surface area contributed by atoms with Gasteiger partial charge < -0.3 is 5.32 Å². The van der Waals surface area contributed by atoms with Crippen LogP contribution in [0, 0.1) is 17.8 Å². The maximum absolute atomic E-state index is 13.1. The van der Waals surface area contributed by atoms with Crippen molar-refractivity contribution < 1.29 is 14.4 Å². The Morgan fingerprint density at radius 1 is 1.00 bits per heavy atom. The van der Waals surface area contributed by atoms with Gasteiger partial charge in [0.15, 0.2) is 0 Å². The highest BCUT2D eigenvalue weighted by Crippen LogP contribution is 2.37. The van der Waals surface area contributed by atoms with Gasteiger partial charge in [0.1, 0.15) is 6.04 Å². The van der Waals surface area contributed by atoms with Crippen molar-refractivity contribution >= 4 is 23.4 Å². The zero-order valence-electron chi connectivity index (χ0n) is 17.1. The number of anilines is 1. The Bertz CT molecular complexity index is 754. The number of fused-ring (bicyclic) bond motifs is 1. The van der Waals surface area contributed by atoms with Gasteiger partial charge >= 0.3 is 0 Å². The minimum Gasteiger partial charge on any atom is -0.324 e. The molecule has 5 heteroatoms.